The number of hydrogen-bond acceptors (Lipinski definition) is 6. The van der Waals surface area contributed by atoms with Crippen molar-refractivity contribution >= 4 is 17.8 Å². The number of aliphatic carboxylic acids is 1. The van der Waals surface area contributed by atoms with Crippen molar-refractivity contribution in [3.8, 4) is 0 Å². The number of rotatable bonds is 10. The van der Waals surface area contributed by atoms with E-state index in [-0.39, 0.29) is 30.3 Å². The monoisotopic (exact) mass is 562 g/mol. The van der Waals surface area contributed by atoms with E-state index in [0.717, 1.165) is 38.4 Å². The van der Waals surface area contributed by atoms with E-state index in [0.29, 0.717) is 31.2 Å². The lowest BCUT2D eigenvalue weighted by Gasteiger charge is -2.21. The summed E-state index contributed by atoms with van der Waals surface area (Å²) in [5.41, 5.74) is 11.5. The van der Waals surface area contributed by atoms with Crippen LogP contribution in [0.25, 0.3) is 0 Å². The molecule has 10 nitrogen and oxygen atoms in total. The number of carbonyl (C=O) groups is 3. The van der Waals surface area contributed by atoms with Gasteiger partial charge in [-0.3, -0.25) is 9.59 Å². The quantitative estimate of drug-likeness (QED) is 0.187. The number of carboxylic acids is 1. The van der Waals surface area contributed by atoms with E-state index < -0.39 is 5.97 Å². The Kier molecular flexibility index (Phi) is 19.4. The lowest BCUT2D eigenvalue weighted by atomic mass is 10.2. The van der Waals surface area contributed by atoms with Gasteiger partial charge in [-0.2, -0.15) is 9.13 Å². The van der Waals surface area contributed by atoms with Crippen LogP contribution < -0.4 is 38.1 Å². The van der Waals surface area contributed by atoms with E-state index >= 15 is 0 Å². The normalized spacial score (nSPS) is 14.4. The molecule has 1 aliphatic rings. The third-order valence-electron chi connectivity index (χ3n) is 5.08. The van der Waals surface area contributed by atoms with Gasteiger partial charge >= 0.3 is 11.8 Å². The SMILES string of the molecule is CCC[n+]1ccccc1C(N)=O.CCC[n+]1ccccc1C(N)=O.O=C([O-])/C=C/C=C/CC1COCCO1.[Cl-]. The highest BCUT2D eigenvalue weighted by Crippen LogP contribution is 2.05. The second kappa shape index (κ2) is 21.3. The van der Waals surface area contributed by atoms with Crippen LogP contribution in [0.3, 0.4) is 0 Å². The first kappa shape index (κ1) is 35.4. The van der Waals surface area contributed by atoms with Crippen molar-refractivity contribution in [2.45, 2.75) is 52.3 Å². The number of aryl methyl sites for hydroxylation is 2. The van der Waals surface area contributed by atoms with Crippen molar-refractivity contribution in [2.75, 3.05) is 19.8 Å². The number of nitrogens with zero attached hydrogens (tertiary/aromatic N) is 2. The second-order valence-electron chi connectivity index (χ2n) is 8.20. The molecule has 1 unspecified atom stereocenters. The molecular formula is C28H39ClN4O6. The van der Waals surface area contributed by atoms with Crippen LogP contribution in [0.4, 0.5) is 0 Å². The van der Waals surface area contributed by atoms with Gasteiger partial charge in [-0.1, -0.05) is 32.1 Å². The van der Waals surface area contributed by atoms with E-state index in [9.17, 15) is 19.5 Å². The Morgan fingerprint density at radius 1 is 0.923 bits per heavy atom. The molecule has 2 aromatic heterocycles. The van der Waals surface area contributed by atoms with Crippen LogP contribution in [0.1, 0.15) is 54.1 Å². The number of carbonyl (C=O) groups excluding carboxylic acids is 3. The predicted molar refractivity (Wildman–Crippen MR) is 139 cm³/mol. The zero-order chi connectivity index (χ0) is 28.2. The highest BCUT2D eigenvalue weighted by Gasteiger charge is 2.14. The molecule has 0 radical (unpaired) electrons. The topological polar surface area (TPSA) is 153 Å². The van der Waals surface area contributed by atoms with Gasteiger partial charge in [-0.05, 0) is 24.6 Å². The van der Waals surface area contributed by atoms with Crippen molar-refractivity contribution in [1.82, 2.24) is 0 Å². The molecule has 2 amide bonds. The summed E-state index contributed by atoms with van der Waals surface area (Å²) >= 11 is 0. The summed E-state index contributed by atoms with van der Waals surface area (Å²) < 4.78 is 14.3. The smallest absolute Gasteiger partial charge is 0.313 e. The Morgan fingerprint density at radius 3 is 1.87 bits per heavy atom. The van der Waals surface area contributed by atoms with E-state index in [2.05, 4.69) is 13.8 Å². The second-order valence-corrected chi connectivity index (χ2v) is 8.20. The standard InChI is InChI=1S/C10H14O4.2C9H12N2O.ClH/c11-10(12)5-3-1-2-4-9-8-13-6-7-14-9;2*1-2-6-11-7-4-3-5-8(11)9(10)12;/h1-3,5,9H,4,6-8H2,(H,11,12);2*3-5,7H,2,6H2,1H3,(H-,10,12);1H/b2-1+,5-3+;;;. The van der Waals surface area contributed by atoms with Crippen molar-refractivity contribution in [3.05, 3.63) is 84.5 Å². The van der Waals surface area contributed by atoms with Gasteiger partial charge in [0.2, 0.25) is 0 Å². The van der Waals surface area contributed by atoms with Crippen molar-refractivity contribution < 1.29 is 50.5 Å². The van der Waals surface area contributed by atoms with Crippen LogP contribution in [0.5, 0.6) is 0 Å². The van der Waals surface area contributed by atoms with Crippen LogP contribution in [0, 0.1) is 0 Å². The van der Waals surface area contributed by atoms with Gasteiger partial charge in [0, 0.05) is 37.1 Å². The average molecular weight is 563 g/mol. The fourth-order valence-electron chi connectivity index (χ4n) is 3.39. The summed E-state index contributed by atoms with van der Waals surface area (Å²) in [7, 11) is 0. The number of amides is 2. The summed E-state index contributed by atoms with van der Waals surface area (Å²) in [4.78, 5) is 31.8. The Hall–Kier alpha value is -3.60. The molecule has 1 saturated heterocycles. The fourth-order valence-corrected chi connectivity index (χ4v) is 3.39. The minimum atomic E-state index is -1.19. The Morgan fingerprint density at radius 2 is 1.46 bits per heavy atom. The van der Waals surface area contributed by atoms with Gasteiger partial charge in [-0.25, -0.2) is 0 Å². The maximum atomic E-state index is 10.9. The first-order valence-electron chi connectivity index (χ1n) is 12.6. The lowest BCUT2D eigenvalue weighted by Crippen LogP contribution is -3.00. The minimum Gasteiger partial charge on any atom is -1.00 e. The first-order valence-corrected chi connectivity index (χ1v) is 12.6. The highest BCUT2D eigenvalue weighted by molar-refractivity contribution is 5.89. The predicted octanol–water partition coefficient (Wildman–Crippen LogP) is -2.38. The molecule has 1 aliphatic heterocycles. The molecule has 214 valence electrons. The van der Waals surface area contributed by atoms with Gasteiger partial charge in [0.25, 0.3) is 11.4 Å². The van der Waals surface area contributed by atoms with Crippen molar-refractivity contribution in [2.24, 2.45) is 11.5 Å². The van der Waals surface area contributed by atoms with E-state index in [1.54, 1.807) is 18.2 Å². The summed E-state index contributed by atoms with van der Waals surface area (Å²) in [6.45, 7) is 7.68. The van der Waals surface area contributed by atoms with E-state index in [4.69, 9.17) is 20.9 Å². The first-order chi connectivity index (χ1) is 18.3. The van der Waals surface area contributed by atoms with E-state index in [1.807, 2.05) is 51.9 Å². The maximum Gasteiger partial charge on any atom is 0.313 e. The number of allylic oxidation sites excluding steroid dienone is 2. The Bertz CT molecular complexity index is 1010. The van der Waals surface area contributed by atoms with Gasteiger partial charge in [0.1, 0.15) is 13.1 Å². The van der Waals surface area contributed by atoms with Crippen molar-refractivity contribution in [1.29, 1.82) is 0 Å². The molecule has 1 fully saturated rings. The molecule has 11 heteroatoms. The molecular weight excluding hydrogens is 524 g/mol. The summed E-state index contributed by atoms with van der Waals surface area (Å²) in [5.74, 6) is -1.93. The zero-order valence-electron chi connectivity index (χ0n) is 22.5. The Labute approximate surface area is 236 Å². The summed E-state index contributed by atoms with van der Waals surface area (Å²) in [6.07, 6.45) is 12.5. The molecule has 2 aromatic rings. The summed E-state index contributed by atoms with van der Waals surface area (Å²) in [5, 5.41) is 9.99. The molecule has 0 bridgehead atoms. The van der Waals surface area contributed by atoms with Crippen LogP contribution >= 0.6 is 0 Å². The number of nitrogens with two attached hydrogens (primary N) is 2. The molecule has 3 rings (SSSR count). The average Bonchev–Trinajstić information content (AvgIpc) is 2.90. The minimum absolute atomic E-state index is 0. The molecule has 0 aromatic carbocycles. The van der Waals surface area contributed by atoms with Gasteiger partial charge in [0.05, 0.1) is 31.9 Å². The van der Waals surface area contributed by atoms with Crippen LogP contribution in [-0.2, 0) is 27.4 Å². The van der Waals surface area contributed by atoms with Crippen molar-refractivity contribution in [3.63, 3.8) is 0 Å². The number of halogens is 1. The molecule has 3 heterocycles. The summed E-state index contributed by atoms with van der Waals surface area (Å²) in [6, 6.07) is 10.9. The molecule has 0 saturated carbocycles. The van der Waals surface area contributed by atoms with Gasteiger partial charge in [-0.15, -0.1) is 0 Å². The lowest BCUT2D eigenvalue weighted by molar-refractivity contribution is -0.698. The van der Waals surface area contributed by atoms with Crippen LogP contribution in [0.2, 0.25) is 0 Å². The maximum absolute atomic E-state index is 10.9. The molecule has 1 atom stereocenters. The third kappa shape index (κ3) is 15.4. The number of primary amides is 2. The number of pyridine rings is 2. The number of ether oxygens (including phenoxy) is 2. The molecule has 4 N–H and O–H groups in total. The zero-order valence-corrected chi connectivity index (χ0v) is 23.3. The van der Waals surface area contributed by atoms with Gasteiger partial charge in [0.15, 0.2) is 12.4 Å². The van der Waals surface area contributed by atoms with Crippen LogP contribution in [0.15, 0.2) is 73.1 Å². The number of carboxylic acid groups (broad SMARTS) is 1. The van der Waals surface area contributed by atoms with Crippen LogP contribution in [-0.4, -0.2) is 43.7 Å². The largest absolute Gasteiger partial charge is 1.00 e. The van der Waals surface area contributed by atoms with E-state index in [1.165, 1.54) is 6.08 Å². The Balaban J connectivity index is 0.000000551. The third-order valence-corrected chi connectivity index (χ3v) is 5.08. The molecule has 0 aliphatic carbocycles. The molecule has 39 heavy (non-hydrogen) atoms. The number of hydrogen-bond donors (Lipinski definition) is 2. The fraction of sp³-hybridized carbons (Fsp3) is 0.393. The highest BCUT2D eigenvalue weighted by atomic mass is 35.5. The molecule has 0 spiro atoms. The number of aromatic nitrogens is 2. The van der Waals surface area contributed by atoms with Gasteiger partial charge < -0.3 is 43.2 Å².